The predicted molar refractivity (Wildman–Crippen MR) is 118 cm³/mol. The Balaban J connectivity index is 1.51. The summed E-state index contributed by atoms with van der Waals surface area (Å²) in [5.74, 6) is -1.46. The lowest BCUT2D eigenvalue weighted by Crippen LogP contribution is -2.37. The van der Waals surface area contributed by atoms with Crippen molar-refractivity contribution in [2.45, 2.75) is 19.2 Å². The molecule has 1 aliphatic heterocycles. The normalized spacial score (nSPS) is 15.3. The molecule has 0 spiro atoms. The number of morpholine rings is 1. The second-order valence-corrected chi connectivity index (χ2v) is 8.29. The topological polar surface area (TPSA) is 80.8 Å². The molecule has 2 aromatic carbocycles. The first-order valence-corrected chi connectivity index (χ1v) is 11.0. The Kier molecular flexibility index (Phi) is 6.52. The lowest BCUT2D eigenvalue weighted by molar-refractivity contribution is -0.137. The van der Waals surface area contributed by atoms with Crippen LogP contribution in [0.4, 0.5) is 24.5 Å². The summed E-state index contributed by atoms with van der Waals surface area (Å²) in [6.07, 6.45) is -5.81. The Labute approximate surface area is 191 Å². The summed E-state index contributed by atoms with van der Waals surface area (Å²) >= 11 is 1.36. The fourth-order valence-corrected chi connectivity index (χ4v) is 4.11. The summed E-state index contributed by atoms with van der Waals surface area (Å²) < 4.78 is 51.1. The number of thiazole rings is 1. The number of ether oxygens (including phenoxy) is 2. The van der Waals surface area contributed by atoms with Gasteiger partial charge in [0.2, 0.25) is 0 Å². The van der Waals surface area contributed by atoms with Gasteiger partial charge < -0.3 is 19.7 Å². The van der Waals surface area contributed by atoms with Crippen molar-refractivity contribution in [3.63, 3.8) is 0 Å². The zero-order valence-electron chi connectivity index (χ0n) is 17.5. The minimum absolute atomic E-state index is 0.00861. The van der Waals surface area contributed by atoms with E-state index in [4.69, 9.17) is 9.47 Å². The van der Waals surface area contributed by atoms with Gasteiger partial charge >= 0.3 is 12.1 Å². The van der Waals surface area contributed by atoms with Gasteiger partial charge in [0.05, 0.1) is 51.4 Å². The predicted octanol–water partition coefficient (Wildman–Crippen LogP) is 4.34. The van der Waals surface area contributed by atoms with E-state index in [1.165, 1.54) is 24.3 Å². The number of aromatic nitrogens is 1. The molecule has 1 saturated heterocycles. The van der Waals surface area contributed by atoms with Crippen molar-refractivity contribution >= 4 is 44.8 Å². The SMILES string of the molecule is C[C@@H](OC(=O)c1ccc2ncsc2c1)C(=O)Nc1cc(C(F)(F)F)ccc1N1CCOCC1. The lowest BCUT2D eigenvalue weighted by Gasteiger charge is -2.31. The van der Waals surface area contributed by atoms with E-state index in [9.17, 15) is 22.8 Å². The number of nitrogens with one attached hydrogen (secondary N) is 1. The van der Waals surface area contributed by atoms with Gasteiger partial charge in [0.15, 0.2) is 6.10 Å². The van der Waals surface area contributed by atoms with Crippen molar-refractivity contribution in [1.82, 2.24) is 4.98 Å². The molecule has 0 unspecified atom stereocenters. The van der Waals surface area contributed by atoms with Crippen LogP contribution in [0.5, 0.6) is 0 Å². The smallest absolute Gasteiger partial charge is 0.416 e. The summed E-state index contributed by atoms with van der Waals surface area (Å²) in [7, 11) is 0. The molecule has 1 atom stereocenters. The Morgan fingerprint density at radius 1 is 1.18 bits per heavy atom. The Morgan fingerprint density at radius 3 is 2.67 bits per heavy atom. The Hall–Kier alpha value is -3.18. The summed E-state index contributed by atoms with van der Waals surface area (Å²) in [5, 5.41) is 2.50. The van der Waals surface area contributed by atoms with Crippen LogP contribution < -0.4 is 10.2 Å². The molecule has 0 bridgehead atoms. The third-order valence-corrected chi connectivity index (χ3v) is 5.95. The van der Waals surface area contributed by atoms with Gasteiger partial charge in [-0.15, -0.1) is 11.3 Å². The van der Waals surface area contributed by atoms with Crippen molar-refractivity contribution in [3.05, 3.63) is 53.0 Å². The molecule has 2 heterocycles. The van der Waals surface area contributed by atoms with E-state index < -0.39 is 29.7 Å². The molecule has 174 valence electrons. The monoisotopic (exact) mass is 479 g/mol. The molecule has 0 aliphatic carbocycles. The number of benzene rings is 2. The van der Waals surface area contributed by atoms with E-state index >= 15 is 0 Å². The van der Waals surface area contributed by atoms with Gasteiger partial charge in [0, 0.05) is 13.1 Å². The Bertz CT molecular complexity index is 1180. The molecule has 1 N–H and O–H groups in total. The maximum Gasteiger partial charge on any atom is 0.416 e. The molecule has 3 aromatic rings. The van der Waals surface area contributed by atoms with Crippen LogP contribution in [0.15, 0.2) is 41.9 Å². The second kappa shape index (κ2) is 9.36. The molecule has 1 amide bonds. The number of nitrogens with zero attached hydrogens (tertiary/aromatic N) is 2. The number of esters is 1. The lowest BCUT2D eigenvalue weighted by atomic mass is 10.1. The van der Waals surface area contributed by atoms with Crippen LogP contribution in [0.25, 0.3) is 10.2 Å². The first kappa shape index (κ1) is 23.0. The summed E-state index contributed by atoms with van der Waals surface area (Å²) in [4.78, 5) is 31.2. The molecule has 0 saturated carbocycles. The number of carbonyl (C=O) groups is 2. The Morgan fingerprint density at radius 2 is 1.94 bits per heavy atom. The number of hydrogen-bond acceptors (Lipinski definition) is 7. The first-order chi connectivity index (χ1) is 15.7. The van der Waals surface area contributed by atoms with Crippen LogP contribution in [-0.2, 0) is 20.4 Å². The van der Waals surface area contributed by atoms with Crippen molar-refractivity contribution < 1.29 is 32.2 Å². The number of halogens is 3. The standard InChI is InChI=1S/C22H20F3N3O4S/c1-13(32-21(30)14-2-4-16-19(10-14)33-12-26-16)20(29)27-17-11-15(22(23,24)25)3-5-18(17)28-6-8-31-9-7-28/h2-5,10-13H,6-9H2,1H3,(H,27,29)/t13-/m1/s1. The van der Waals surface area contributed by atoms with E-state index in [1.54, 1.807) is 23.7 Å². The fourth-order valence-electron chi connectivity index (χ4n) is 3.39. The van der Waals surface area contributed by atoms with Gasteiger partial charge in [-0.2, -0.15) is 13.2 Å². The molecule has 0 radical (unpaired) electrons. The number of hydrogen-bond donors (Lipinski definition) is 1. The average Bonchev–Trinajstić information content (AvgIpc) is 3.27. The molecule has 1 aliphatic rings. The van der Waals surface area contributed by atoms with Crippen LogP contribution in [0.3, 0.4) is 0 Å². The fraction of sp³-hybridized carbons (Fsp3) is 0.318. The highest BCUT2D eigenvalue weighted by Gasteiger charge is 2.32. The van der Waals surface area contributed by atoms with E-state index in [2.05, 4.69) is 10.3 Å². The van der Waals surface area contributed by atoms with Crippen molar-refractivity contribution in [1.29, 1.82) is 0 Å². The number of carbonyl (C=O) groups excluding carboxylic acids is 2. The van der Waals surface area contributed by atoms with Gasteiger partial charge in [-0.25, -0.2) is 9.78 Å². The largest absolute Gasteiger partial charge is 0.449 e. The van der Waals surface area contributed by atoms with Crippen LogP contribution in [0, 0.1) is 0 Å². The second-order valence-electron chi connectivity index (χ2n) is 7.40. The maximum atomic E-state index is 13.3. The molecule has 7 nitrogen and oxygen atoms in total. The van der Waals surface area contributed by atoms with Crippen molar-refractivity contribution in [2.75, 3.05) is 36.5 Å². The summed E-state index contributed by atoms with van der Waals surface area (Å²) in [6.45, 7) is 3.15. The van der Waals surface area contributed by atoms with Crippen molar-refractivity contribution in [3.8, 4) is 0 Å². The molecule has 4 rings (SSSR count). The minimum atomic E-state index is -4.57. The maximum absolute atomic E-state index is 13.3. The molecule has 11 heteroatoms. The highest BCUT2D eigenvalue weighted by atomic mass is 32.1. The third-order valence-electron chi connectivity index (χ3n) is 5.15. The highest BCUT2D eigenvalue weighted by Crippen LogP contribution is 2.36. The van der Waals surface area contributed by atoms with Crippen LogP contribution in [0.2, 0.25) is 0 Å². The zero-order chi connectivity index (χ0) is 23.6. The van der Waals surface area contributed by atoms with Crippen LogP contribution >= 0.6 is 11.3 Å². The van der Waals surface area contributed by atoms with Crippen LogP contribution in [-0.4, -0.2) is 49.3 Å². The molecular formula is C22H20F3N3O4S. The van der Waals surface area contributed by atoms with Crippen LogP contribution in [0.1, 0.15) is 22.8 Å². The molecule has 1 aromatic heterocycles. The molecular weight excluding hydrogens is 459 g/mol. The van der Waals surface area contributed by atoms with E-state index in [0.29, 0.717) is 32.0 Å². The number of rotatable bonds is 5. The number of alkyl halides is 3. The van der Waals surface area contributed by atoms with E-state index in [1.807, 2.05) is 4.90 Å². The average molecular weight is 479 g/mol. The number of anilines is 2. The van der Waals surface area contributed by atoms with Gasteiger partial charge in [-0.05, 0) is 43.3 Å². The van der Waals surface area contributed by atoms with Gasteiger partial charge in [-0.3, -0.25) is 4.79 Å². The van der Waals surface area contributed by atoms with E-state index in [-0.39, 0.29) is 11.3 Å². The van der Waals surface area contributed by atoms with Crippen molar-refractivity contribution in [2.24, 2.45) is 0 Å². The molecule has 1 fully saturated rings. The third kappa shape index (κ3) is 5.25. The van der Waals surface area contributed by atoms with E-state index in [0.717, 1.165) is 22.3 Å². The quantitative estimate of drug-likeness (QED) is 0.549. The number of amides is 1. The van der Waals surface area contributed by atoms with Gasteiger partial charge in [-0.1, -0.05) is 0 Å². The summed E-state index contributed by atoms with van der Waals surface area (Å²) in [5.41, 5.74) is 2.18. The van der Waals surface area contributed by atoms with Gasteiger partial charge in [0.1, 0.15) is 0 Å². The number of fused-ring (bicyclic) bond motifs is 1. The zero-order valence-corrected chi connectivity index (χ0v) is 18.3. The minimum Gasteiger partial charge on any atom is -0.449 e. The first-order valence-electron chi connectivity index (χ1n) is 10.1. The summed E-state index contributed by atoms with van der Waals surface area (Å²) in [6, 6.07) is 8.01. The highest BCUT2D eigenvalue weighted by molar-refractivity contribution is 7.16. The molecule has 33 heavy (non-hydrogen) atoms. The van der Waals surface area contributed by atoms with Gasteiger partial charge in [0.25, 0.3) is 5.91 Å².